The van der Waals surface area contributed by atoms with Crippen LogP contribution in [0.4, 0.5) is 0 Å². The van der Waals surface area contributed by atoms with Crippen molar-refractivity contribution in [3.05, 3.63) is 35.9 Å². The summed E-state index contributed by atoms with van der Waals surface area (Å²) < 4.78 is 0. The average molecular weight is 224 g/mol. The minimum Gasteiger partial charge on any atom is -0.390 e. The van der Waals surface area contributed by atoms with Crippen molar-refractivity contribution >= 4 is 8.07 Å². The Morgan fingerprint density at radius 3 is 2.07 bits per heavy atom. The largest absolute Gasteiger partial charge is 0.390 e. The Morgan fingerprint density at radius 2 is 1.60 bits per heavy atom. The smallest absolute Gasteiger partial charge is 0.105 e. The zero-order chi connectivity index (χ0) is 11.5. The van der Waals surface area contributed by atoms with Crippen LogP contribution in [0.3, 0.4) is 0 Å². The fourth-order valence-electron chi connectivity index (χ4n) is 1.61. The maximum absolute atomic E-state index is 9.92. The summed E-state index contributed by atoms with van der Waals surface area (Å²) in [5, 5.41) is 19.8. The molecule has 0 aliphatic heterocycles. The second kappa shape index (κ2) is 4.92. The molecule has 0 aliphatic carbocycles. The average Bonchev–Trinajstić information content (AvgIpc) is 2.15. The molecule has 84 valence electrons. The minimum atomic E-state index is -1.33. The Hall–Kier alpha value is -0.643. The monoisotopic (exact) mass is 224 g/mol. The normalized spacial score (nSPS) is 16.1. The van der Waals surface area contributed by atoms with Crippen molar-refractivity contribution in [1.29, 1.82) is 0 Å². The van der Waals surface area contributed by atoms with Crippen LogP contribution < -0.4 is 0 Å². The summed E-state index contributed by atoms with van der Waals surface area (Å²) in [5.74, 6) is 0. The van der Waals surface area contributed by atoms with Gasteiger partial charge in [-0.05, 0) is 11.6 Å². The van der Waals surface area contributed by atoms with Crippen LogP contribution in [0, 0.1) is 0 Å². The molecule has 2 nitrogen and oxygen atoms in total. The van der Waals surface area contributed by atoms with E-state index in [1.165, 1.54) is 0 Å². The predicted octanol–water partition coefficient (Wildman–Crippen LogP) is 2.42. The summed E-state index contributed by atoms with van der Waals surface area (Å²) in [6.07, 6.45) is -1.39. The third-order valence-corrected chi connectivity index (χ3v) is 3.97. The van der Waals surface area contributed by atoms with Crippen molar-refractivity contribution < 1.29 is 10.2 Å². The van der Waals surface area contributed by atoms with Crippen molar-refractivity contribution in [2.24, 2.45) is 0 Å². The molecule has 2 atom stereocenters. The molecule has 1 aromatic rings. The molecule has 15 heavy (non-hydrogen) atoms. The van der Waals surface area contributed by atoms with Gasteiger partial charge in [0.15, 0.2) is 0 Å². The van der Waals surface area contributed by atoms with Gasteiger partial charge in [-0.1, -0.05) is 50.0 Å². The van der Waals surface area contributed by atoms with E-state index in [9.17, 15) is 10.2 Å². The number of hydrogen-bond donors (Lipinski definition) is 2. The first-order chi connectivity index (χ1) is 6.90. The summed E-state index contributed by atoms with van der Waals surface area (Å²) >= 11 is 0. The van der Waals surface area contributed by atoms with E-state index in [4.69, 9.17) is 0 Å². The quantitative estimate of drug-likeness (QED) is 0.771. The standard InChI is InChI=1S/C12H20O2Si/c1-15(2,3)9-11(13)12(14)10-7-5-4-6-8-10/h4-8,11-14H,9H2,1-3H3/t11-,12-/m0/s1. The molecule has 0 saturated carbocycles. The lowest BCUT2D eigenvalue weighted by Gasteiger charge is -2.24. The summed E-state index contributed by atoms with van der Waals surface area (Å²) in [4.78, 5) is 0. The maximum Gasteiger partial charge on any atom is 0.105 e. The Morgan fingerprint density at radius 1 is 1.07 bits per heavy atom. The van der Waals surface area contributed by atoms with Gasteiger partial charge < -0.3 is 10.2 Å². The van der Waals surface area contributed by atoms with E-state index in [0.717, 1.165) is 11.6 Å². The Balaban J connectivity index is 2.65. The van der Waals surface area contributed by atoms with Crippen LogP contribution in [0.15, 0.2) is 30.3 Å². The van der Waals surface area contributed by atoms with Crippen LogP contribution in [0.1, 0.15) is 11.7 Å². The molecule has 3 heteroatoms. The predicted molar refractivity (Wildman–Crippen MR) is 65.6 cm³/mol. The molecule has 0 unspecified atom stereocenters. The van der Waals surface area contributed by atoms with Crippen LogP contribution in [0.25, 0.3) is 0 Å². The molecule has 0 bridgehead atoms. The molecule has 0 aliphatic rings. The maximum atomic E-state index is 9.92. The highest BCUT2D eigenvalue weighted by Crippen LogP contribution is 2.23. The van der Waals surface area contributed by atoms with Crippen molar-refractivity contribution in [2.45, 2.75) is 37.9 Å². The number of hydrogen-bond acceptors (Lipinski definition) is 2. The lowest BCUT2D eigenvalue weighted by molar-refractivity contribution is 0.0297. The van der Waals surface area contributed by atoms with Crippen LogP contribution >= 0.6 is 0 Å². The van der Waals surface area contributed by atoms with Crippen LogP contribution in [0.5, 0.6) is 0 Å². The summed E-state index contributed by atoms with van der Waals surface area (Å²) in [5.41, 5.74) is 0.795. The van der Waals surface area contributed by atoms with Gasteiger partial charge in [0.25, 0.3) is 0 Å². The summed E-state index contributed by atoms with van der Waals surface area (Å²) in [7, 11) is -1.33. The lowest BCUT2D eigenvalue weighted by Crippen LogP contribution is -2.30. The lowest BCUT2D eigenvalue weighted by atomic mass is 10.1. The zero-order valence-electron chi connectivity index (χ0n) is 9.64. The van der Waals surface area contributed by atoms with Crippen molar-refractivity contribution in [3.63, 3.8) is 0 Å². The summed E-state index contributed by atoms with van der Waals surface area (Å²) in [6, 6.07) is 10.1. The van der Waals surface area contributed by atoms with Gasteiger partial charge in [-0.3, -0.25) is 0 Å². The van der Waals surface area contributed by atoms with Gasteiger partial charge in [0.05, 0.1) is 6.10 Å². The van der Waals surface area contributed by atoms with Gasteiger partial charge in [-0.25, -0.2) is 0 Å². The van der Waals surface area contributed by atoms with Gasteiger partial charge in [0.2, 0.25) is 0 Å². The molecule has 0 radical (unpaired) electrons. The Labute approximate surface area is 92.6 Å². The SMILES string of the molecule is C[Si](C)(C)C[C@H](O)[C@@H](O)c1ccccc1. The van der Waals surface area contributed by atoms with E-state index in [1.54, 1.807) is 0 Å². The number of rotatable bonds is 4. The molecule has 0 amide bonds. The van der Waals surface area contributed by atoms with Crippen LogP contribution in [-0.2, 0) is 0 Å². The van der Waals surface area contributed by atoms with Crippen LogP contribution in [-0.4, -0.2) is 24.4 Å². The van der Waals surface area contributed by atoms with Crippen molar-refractivity contribution in [3.8, 4) is 0 Å². The van der Waals surface area contributed by atoms with Gasteiger partial charge in [-0.2, -0.15) is 0 Å². The zero-order valence-corrected chi connectivity index (χ0v) is 10.6. The van der Waals surface area contributed by atoms with E-state index in [2.05, 4.69) is 19.6 Å². The molecule has 0 aromatic heterocycles. The molecule has 0 heterocycles. The fraction of sp³-hybridized carbons (Fsp3) is 0.500. The molecule has 1 aromatic carbocycles. The highest BCUT2D eigenvalue weighted by atomic mass is 28.3. The first kappa shape index (κ1) is 12.4. The second-order valence-electron chi connectivity index (χ2n) is 5.19. The number of benzene rings is 1. The summed E-state index contributed by atoms with van der Waals surface area (Å²) in [6.45, 7) is 6.57. The van der Waals surface area contributed by atoms with Crippen molar-refractivity contribution in [1.82, 2.24) is 0 Å². The Bertz CT molecular complexity index is 292. The fourth-order valence-corrected chi connectivity index (χ4v) is 3.09. The molecule has 0 fully saturated rings. The van der Waals surface area contributed by atoms with Crippen molar-refractivity contribution in [2.75, 3.05) is 0 Å². The molecular weight excluding hydrogens is 204 g/mol. The third kappa shape index (κ3) is 4.16. The van der Waals surface area contributed by atoms with Crippen LogP contribution in [0.2, 0.25) is 25.7 Å². The molecule has 0 spiro atoms. The highest BCUT2D eigenvalue weighted by molar-refractivity contribution is 6.76. The molecular formula is C12H20O2Si. The molecule has 1 rings (SSSR count). The van der Waals surface area contributed by atoms with Gasteiger partial charge >= 0.3 is 0 Å². The Kier molecular flexibility index (Phi) is 4.08. The van der Waals surface area contributed by atoms with Gasteiger partial charge in [-0.15, -0.1) is 0 Å². The number of aliphatic hydroxyl groups excluding tert-OH is 2. The highest BCUT2D eigenvalue weighted by Gasteiger charge is 2.25. The first-order valence-corrected chi connectivity index (χ1v) is 9.02. The van der Waals surface area contributed by atoms with E-state index in [0.29, 0.717) is 0 Å². The third-order valence-electron chi connectivity index (χ3n) is 2.33. The van der Waals surface area contributed by atoms with E-state index < -0.39 is 20.3 Å². The molecule has 2 N–H and O–H groups in total. The van der Waals surface area contributed by atoms with E-state index in [-0.39, 0.29) is 0 Å². The topological polar surface area (TPSA) is 40.5 Å². The minimum absolute atomic E-state index is 0.640. The van der Waals surface area contributed by atoms with Gasteiger partial charge in [0, 0.05) is 8.07 Å². The second-order valence-corrected chi connectivity index (χ2v) is 10.7. The number of aliphatic hydroxyl groups is 2. The molecule has 0 saturated heterocycles. The van der Waals surface area contributed by atoms with E-state index >= 15 is 0 Å². The van der Waals surface area contributed by atoms with E-state index in [1.807, 2.05) is 30.3 Å². The van der Waals surface area contributed by atoms with Gasteiger partial charge in [0.1, 0.15) is 6.10 Å². The first-order valence-electron chi connectivity index (χ1n) is 5.31.